The third-order valence-corrected chi connectivity index (χ3v) is 6.02. The molecular formula is C22H22BrClN4O. The van der Waals surface area contributed by atoms with Crippen LogP contribution in [-0.2, 0) is 0 Å². The van der Waals surface area contributed by atoms with Crippen LogP contribution in [-0.4, -0.2) is 26.7 Å². The summed E-state index contributed by atoms with van der Waals surface area (Å²) >= 11 is 9.70. The topological polar surface area (TPSA) is 59.8 Å². The third kappa shape index (κ3) is 4.54. The molecule has 3 aromatic rings. The van der Waals surface area contributed by atoms with Crippen LogP contribution in [0.4, 0.5) is 0 Å². The average Bonchev–Trinajstić information content (AvgIpc) is 3.16. The Balaban J connectivity index is 1.75. The largest absolute Gasteiger partial charge is 0.347 e. The molecule has 0 atom stereocenters. The van der Waals surface area contributed by atoms with Gasteiger partial charge < -0.3 is 5.32 Å². The van der Waals surface area contributed by atoms with Crippen molar-refractivity contribution in [1.82, 2.24) is 20.1 Å². The van der Waals surface area contributed by atoms with Crippen molar-refractivity contribution < 1.29 is 4.79 Å². The standard InChI is InChI=1S/C22H22BrClN4O/c1-14-7-12-17(24)13-19(14)28-21(15-8-10-16(23)11-9-15)26-20(27-28)22(29)25-18-5-3-2-4-6-18/h7-13,18H,2-6H2,1H3,(H,25,29). The second-order valence-corrected chi connectivity index (χ2v) is 8.77. The molecule has 1 aliphatic rings. The summed E-state index contributed by atoms with van der Waals surface area (Å²) in [7, 11) is 0. The van der Waals surface area contributed by atoms with E-state index in [0.29, 0.717) is 10.8 Å². The second-order valence-electron chi connectivity index (χ2n) is 7.42. The van der Waals surface area contributed by atoms with E-state index in [2.05, 4.69) is 31.3 Å². The summed E-state index contributed by atoms with van der Waals surface area (Å²) in [5.74, 6) is 0.554. The van der Waals surface area contributed by atoms with E-state index in [1.165, 1.54) is 6.42 Å². The molecule has 4 rings (SSSR count). The number of aromatic nitrogens is 3. The molecule has 1 N–H and O–H groups in total. The monoisotopic (exact) mass is 472 g/mol. The van der Waals surface area contributed by atoms with E-state index >= 15 is 0 Å². The smallest absolute Gasteiger partial charge is 0.291 e. The third-order valence-electron chi connectivity index (χ3n) is 5.25. The van der Waals surface area contributed by atoms with Crippen LogP contribution in [0.1, 0.15) is 48.3 Å². The zero-order chi connectivity index (χ0) is 20.4. The Morgan fingerprint density at radius 2 is 1.86 bits per heavy atom. The van der Waals surface area contributed by atoms with E-state index < -0.39 is 0 Å². The number of nitrogens with zero attached hydrogens (tertiary/aromatic N) is 3. The number of nitrogens with one attached hydrogen (secondary N) is 1. The SMILES string of the molecule is Cc1ccc(Cl)cc1-n1nc(C(=O)NC2CCCCC2)nc1-c1ccc(Br)cc1. The lowest BCUT2D eigenvalue weighted by Gasteiger charge is -2.21. The van der Waals surface area contributed by atoms with Crippen molar-refractivity contribution in [1.29, 1.82) is 0 Å². The van der Waals surface area contributed by atoms with E-state index in [4.69, 9.17) is 11.6 Å². The van der Waals surface area contributed by atoms with Gasteiger partial charge in [0.25, 0.3) is 5.91 Å². The lowest BCUT2D eigenvalue weighted by Crippen LogP contribution is -2.36. The Kier molecular flexibility index (Phi) is 6.01. The van der Waals surface area contributed by atoms with Crippen molar-refractivity contribution >= 4 is 33.4 Å². The molecule has 0 bridgehead atoms. The number of carbonyl (C=O) groups excluding carboxylic acids is 1. The van der Waals surface area contributed by atoms with Gasteiger partial charge in [-0.05, 0) is 49.6 Å². The van der Waals surface area contributed by atoms with Gasteiger partial charge in [0.05, 0.1) is 5.69 Å². The van der Waals surface area contributed by atoms with Crippen molar-refractivity contribution in [3.05, 3.63) is 63.3 Å². The first-order chi connectivity index (χ1) is 14.0. The van der Waals surface area contributed by atoms with Crippen LogP contribution in [0, 0.1) is 6.92 Å². The van der Waals surface area contributed by atoms with Crippen molar-refractivity contribution in [2.45, 2.75) is 45.1 Å². The Labute approximate surface area is 183 Å². The Morgan fingerprint density at radius 3 is 2.59 bits per heavy atom. The van der Waals surface area contributed by atoms with Gasteiger partial charge in [-0.25, -0.2) is 9.67 Å². The van der Waals surface area contributed by atoms with E-state index in [1.54, 1.807) is 4.68 Å². The number of aryl methyl sites for hydroxylation is 1. The van der Waals surface area contributed by atoms with Crippen LogP contribution in [0.25, 0.3) is 17.1 Å². The Hall–Kier alpha value is -2.18. The summed E-state index contributed by atoms with van der Waals surface area (Å²) in [5, 5.41) is 8.28. The van der Waals surface area contributed by atoms with Crippen LogP contribution in [0.3, 0.4) is 0 Å². The van der Waals surface area contributed by atoms with Crippen LogP contribution < -0.4 is 5.32 Å². The van der Waals surface area contributed by atoms with E-state index in [1.807, 2.05) is 49.4 Å². The number of amides is 1. The van der Waals surface area contributed by atoms with E-state index in [0.717, 1.165) is 47.0 Å². The molecule has 1 amide bonds. The fourth-order valence-electron chi connectivity index (χ4n) is 3.67. The van der Waals surface area contributed by atoms with Gasteiger partial charge in [-0.3, -0.25) is 4.79 Å². The highest BCUT2D eigenvalue weighted by Gasteiger charge is 2.23. The van der Waals surface area contributed by atoms with E-state index in [9.17, 15) is 4.79 Å². The van der Waals surface area contributed by atoms with Gasteiger partial charge in [-0.15, -0.1) is 5.10 Å². The maximum Gasteiger partial charge on any atom is 0.291 e. The minimum Gasteiger partial charge on any atom is -0.347 e. The molecule has 150 valence electrons. The van der Waals surface area contributed by atoms with Crippen LogP contribution in [0.2, 0.25) is 5.02 Å². The minimum absolute atomic E-state index is 0.174. The van der Waals surface area contributed by atoms with Crippen LogP contribution in [0.15, 0.2) is 46.9 Å². The molecule has 1 aliphatic carbocycles. The maximum atomic E-state index is 12.9. The molecule has 0 saturated heterocycles. The minimum atomic E-state index is -0.228. The molecule has 1 heterocycles. The maximum absolute atomic E-state index is 12.9. The predicted molar refractivity (Wildman–Crippen MR) is 119 cm³/mol. The van der Waals surface area contributed by atoms with Crippen molar-refractivity contribution in [3.63, 3.8) is 0 Å². The quantitative estimate of drug-likeness (QED) is 0.527. The molecule has 29 heavy (non-hydrogen) atoms. The summed E-state index contributed by atoms with van der Waals surface area (Å²) in [5.41, 5.74) is 2.67. The zero-order valence-corrected chi connectivity index (χ0v) is 18.5. The van der Waals surface area contributed by atoms with E-state index in [-0.39, 0.29) is 17.8 Å². The van der Waals surface area contributed by atoms with Gasteiger partial charge in [-0.2, -0.15) is 0 Å². The van der Waals surface area contributed by atoms with Crippen molar-refractivity contribution in [2.24, 2.45) is 0 Å². The highest BCUT2D eigenvalue weighted by atomic mass is 79.9. The molecule has 1 saturated carbocycles. The first-order valence-electron chi connectivity index (χ1n) is 9.81. The van der Waals surface area contributed by atoms with Crippen LogP contribution in [0.5, 0.6) is 0 Å². The van der Waals surface area contributed by atoms with Gasteiger partial charge >= 0.3 is 0 Å². The number of rotatable bonds is 4. The normalized spacial score (nSPS) is 14.7. The molecular weight excluding hydrogens is 452 g/mol. The first kappa shape index (κ1) is 20.1. The molecule has 0 spiro atoms. The predicted octanol–water partition coefficient (Wildman–Crippen LogP) is 5.72. The Morgan fingerprint density at radius 1 is 1.14 bits per heavy atom. The van der Waals surface area contributed by atoms with Gasteiger partial charge in [0.2, 0.25) is 5.82 Å². The summed E-state index contributed by atoms with van der Waals surface area (Å²) in [6.45, 7) is 1.99. The second kappa shape index (κ2) is 8.67. The number of hydrogen-bond donors (Lipinski definition) is 1. The summed E-state index contributed by atoms with van der Waals surface area (Å²) < 4.78 is 2.68. The lowest BCUT2D eigenvalue weighted by molar-refractivity contribution is 0.0917. The fourth-order valence-corrected chi connectivity index (χ4v) is 4.10. The molecule has 0 aliphatic heterocycles. The number of hydrogen-bond acceptors (Lipinski definition) is 3. The molecule has 0 radical (unpaired) electrons. The molecule has 7 heteroatoms. The number of halogens is 2. The molecule has 5 nitrogen and oxygen atoms in total. The fraction of sp³-hybridized carbons (Fsp3) is 0.318. The van der Waals surface area contributed by atoms with Crippen LogP contribution >= 0.6 is 27.5 Å². The lowest BCUT2D eigenvalue weighted by atomic mass is 9.95. The first-order valence-corrected chi connectivity index (χ1v) is 11.0. The van der Waals surface area contributed by atoms with Crippen molar-refractivity contribution in [3.8, 4) is 17.1 Å². The van der Waals surface area contributed by atoms with Gasteiger partial charge in [0.15, 0.2) is 5.82 Å². The molecule has 1 fully saturated rings. The van der Waals surface area contributed by atoms with Gasteiger partial charge in [-0.1, -0.05) is 65.0 Å². The molecule has 1 aromatic heterocycles. The number of carbonyl (C=O) groups is 1. The average molecular weight is 474 g/mol. The van der Waals surface area contributed by atoms with Gasteiger partial charge in [0, 0.05) is 21.1 Å². The summed E-state index contributed by atoms with van der Waals surface area (Å²) in [6, 6.07) is 13.6. The highest BCUT2D eigenvalue weighted by Crippen LogP contribution is 2.27. The zero-order valence-electron chi connectivity index (χ0n) is 16.2. The van der Waals surface area contributed by atoms with Crippen molar-refractivity contribution in [2.75, 3.05) is 0 Å². The van der Waals surface area contributed by atoms with Gasteiger partial charge in [0.1, 0.15) is 0 Å². The highest BCUT2D eigenvalue weighted by molar-refractivity contribution is 9.10. The molecule has 0 unspecified atom stereocenters. The summed E-state index contributed by atoms with van der Waals surface area (Å²) in [6.07, 6.45) is 5.57. The summed E-state index contributed by atoms with van der Waals surface area (Å²) in [4.78, 5) is 17.5. The number of benzene rings is 2. The molecule has 2 aromatic carbocycles. The Bertz CT molecular complexity index is 1030.